The maximum atomic E-state index is 10.1. The van der Waals surface area contributed by atoms with Gasteiger partial charge in [-0.15, -0.1) is 0 Å². The molecular formula is C14H22O2. The standard InChI is InChI=1S/C14H22O2/c1-2-11-7-13-8-12(11)9-14(13)10-16-6-4-3-5-15/h2,5,12-14H,3-4,6-10H2,1H3. The first-order valence-electron chi connectivity index (χ1n) is 6.51. The Labute approximate surface area is 98.1 Å². The van der Waals surface area contributed by atoms with Gasteiger partial charge >= 0.3 is 0 Å². The summed E-state index contributed by atoms with van der Waals surface area (Å²) < 4.78 is 5.66. The summed E-state index contributed by atoms with van der Waals surface area (Å²) in [6.45, 7) is 3.83. The lowest BCUT2D eigenvalue weighted by atomic mass is 9.86. The Hall–Kier alpha value is -0.630. The van der Waals surface area contributed by atoms with Gasteiger partial charge in [0.2, 0.25) is 0 Å². The van der Waals surface area contributed by atoms with E-state index in [1.807, 2.05) is 0 Å². The van der Waals surface area contributed by atoms with Crippen molar-refractivity contribution in [3.8, 4) is 0 Å². The van der Waals surface area contributed by atoms with Crippen LogP contribution in [-0.4, -0.2) is 19.5 Å². The van der Waals surface area contributed by atoms with Crippen LogP contribution in [0.25, 0.3) is 0 Å². The van der Waals surface area contributed by atoms with Crippen LogP contribution in [0.3, 0.4) is 0 Å². The molecule has 0 aromatic rings. The molecule has 0 N–H and O–H groups in total. The third-order valence-corrected chi connectivity index (χ3v) is 4.18. The van der Waals surface area contributed by atoms with Crippen LogP contribution in [0.4, 0.5) is 0 Å². The first kappa shape index (κ1) is 11.8. The molecule has 2 fully saturated rings. The third-order valence-electron chi connectivity index (χ3n) is 4.18. The van der Waals surface area contributed by atoms with Crippen molar-refractivity contribution >= 4 is 6.29 Å². The monoisotopic (exact) mass is 222 g/mol. The summed E-state index contributed by atoms with van der Waals surface area (Å²) >= 11 is 0. The number of hydrogen-bond donors (Lipinski definition) is 0. The Morgan fingerprint density at radius 3 is 2.94 bits per heavy atom. The molecule has 0 aromatic heterocycles. The highest BCUT2D eigenvalue weighted by Gasteiger charge is 2.41. The minimum absolute atomic E-state index is 0.638. The highest BCUT2D eigenvalue weighted by molar-refractivity contribution is 5.48. The Kier molecular flexibility index (Phi) is 4.16. The molecule has 3 unspecified atom stereocenters. The van der Waals surface area contributed by atoms with Gasteiger partial charge in [-0.2, -0.15) is 0 Å². The van der Waals surface area contributed by atoms with Crippen molar-refractivity contribution in [1.29, 1.82) is 0 Å². The summed E-state index contributed by atoms with van der Waals surface area (Å²) in [4.78, 5) is 10.1. The van der Waals surface area contributed by atoms with E-state index in [0.29, 0.717) is 6.42 Å². The molecule has 0 amide bonds. The van der Waals surface area contributed by atoms with Gasteiger partial charge in [-0.1, -0.05) is 11.6 Å². The molecule has 2 aliphatic rings. The molecule has 2 saturated carbocycles. The summed E-state index contributed by atoms with van der Waals surface area (Å²) in [7, 11) is 0. The van der Waals surface area contributed by atoms with Gasteiger partial charge in [0.1, 0.15) is 6.29 Å². The lowest BCUT2D eigenvalue weighted by Crippen LogP contribution is -2.18. The van der Waals surface area contributed by atoms with E-state index in [2.05, 4.69) is 13.0 Å². The minimum atomic E-state index is 0.638. The van der Waals surface area contributed by atoms with Crippen LogP contribution in [-0.2, 0) is 9.53 Å². The fraction of sp³-hybridized carbons (Fsp3) is 0.786. The van der Waals surface area contributed by atoms with Gasteiger partial charge in [0.05, 0.1) is 0 Å². The lowest BCUT2D eigenvalue weighted by molar-refractivity contribution is -0.108. The molecule has 2 bridgehead atoms. The van der Waals surface area contributed by atoms with E-state index in [1.54, 1.807) is 5.57 Å². The van der Waals surface area contributed by atoms with Crippen LogP contribution >= 0.6 is 0 Å². The van der Waals surface area contributed by atoms with Crippen molar-refractivity contribution in [3.63, 3.8) is 0 Å². The normalized spacial score (nSPS) is 34.8. The highest BCUT2D eigenvalue weighted by atomic mass is 16.5. The van der Waals surface area contributed by atoms with Crippen LogP contribution in [0.15, 0.2) is 11.6 Å². The minimum Gasteiger partial charge on any atom is -0.381 e. The quantitative estimate of drug-likeness (QED) is 0.392. The molecular weight excluding hydrogens is 200 g/mol. The maximum Gasteiger partial charge on any atom is 0.120 e. The Morgan fingerprint density at radius 1 is 1.44 bits per heavy atom. The van der Waals surface area contributed by atoms with Gasteiger partial charge in [-0.05, 0) is 50.4 Å². The molecule has 90 valence electrons. The van der Waals surface area contributed by atoms with Gasteiger partial charge in [0.15, 0.2) is 0 Å². The first-order chi connectivity index (χ1) is 7.85. The molecule has 0 aliphatic heterocycles. The Morgan fingerprint density at radius 2 is 2.31 bits per heavy atom. The molecule has 0 spiro atoms. The fourth-order valence-corrected chi connectivity index (χ4v) is 3.30. The summed E-state index contributed by atoms with van der Waals surface area (Å²) in [5, 5.41) is 0. The molecule has 3 atom stereocenters. The number of fused-ring (bicyclic) bond motifs is 2. The number of hydrogen-bond acceptors (Lipinski definition) is 2. The summed E-state index contributed by atoms with van der Waals surface area (Å²) in [6, 6.07) is 0. The Bertz CT molecular complexity index is 270. The number of carbonyl (C=O) groups is 1. The predicted octanol–water partition coefficient (Wildman–Crippen LogP) is 2.97. The average molecular weight is 222 g/mol. The van der Waals surface area contributed by atoms with Gasteiger partial charge in [-0.3, -0.25) is 0 Å². The zero-order valence-electron chi connectivity index (χ0n) is 10.2. The second-order valence-corrected chi connectivity index (χ2v) is 5.14. The van der Waals surface area contributed by atoms with Crippen molar-refractivity contribution in [3.05, 3.63) is 11.6 Å². The van der Waals surface area contributed by atoms with Gasteiger partial charge < -0.3 is 9.53 Å². The number of ether oxygens (including phenoxy) is 1. The zero-order valence-corrected chi connectivity index (χ0v) is 10.2. The van der Waals surface area contributed by atoms with Gasteiger partial charge in [0.25, 0.3) is 0 Å². The molecule has 16 heavy (non-hydrogen) atoms. The second kappa shape index (κ2) is 5.62. The van der Waals surface area contributed by atoms with Gasteiger partial charge in [0, 0.05) is 19.6 Å². The molecule has 0 radical (unpaired) electrons. The van der Waals surface area contributed by atoms with Crippen molar-refractivity contribution in [1.82, 2.24) is 0 Å². The van der Waals surface area contributed by atoms with Crippen LogP contribution in [0.1, 0.15) is 39.0 Å². The largest absolute Gasteiger partial charge is 0.381 e. The average Bonchev–Trinajstić information content (AvgIpc) is 2.87. The highest BCUT2D eigenvalue weighted by Crippen LogP contribution is 2.51. The van der Waals surface area contributed by atoms with Crippen LogP contribution < -0.4 is 0 Å². The summed E-state index contributed by atoms with van der Waals surface area (Å²) in [5.74, 6) is 2.52. The zero-order chi connectivity index (χ0) is 11.4. The number of carbonyl (C=O) groups excluding carboxylic acids is 1. The van der Waals surface area contributed by atoms with Crippen molar-refractivity contribution in [2.24, 2.45) is 17.8 Å². The van der Waals surface area contributed by atoms with Crippen molar-refractivity contribution in [2.75, 3.05) is 13.2 Å². The maximum absolute atomic E-state index is 10.1. The van der Waals surface area contributed by atoms with E-state index in [-0.39, 0.29) is 0 Å². The number of unbranched alkanes of at least 4 members (excludes halogenated alkanes) is 1. The number of aldehydes is 1. The summed E-state index contributed by atoms with van der Waals surface area (Å²) in [5.41, 5.74) is 1.68. The van der Waals surface area contributed by atoms with E-state index >= 15 is 0 Å². The third kappa shape index (κ3) is 2.54. The SMILES string of the molecule is CC=C1CC2CC1CC2COCCCC=O. The molecule has 2 aliphatic carbocycles. The fourth-order valence-electron chi connectivity index (χ4n) is 3.30. The van der Waals surface area contributed by atoms with E-state index < -0.39 is 0 Å². The van der Waals surface area contributed by atoms with E-state index in [0.717, 1.165) is 43.7 Å². The lowest BCUT2D eigenvalue weighted by Gasteiger charge is -2.23. The van der Waals surface area contributed by atoms with E-state index in [4.69, 9.17) is 4.74 Å². The molecule has 0 heterocycles. The topological polar surface area (TPSA) is 26.3 Å². The molecule has 0 aromatic carbocycles. The van der Waals surface area contributed by atoms with Crippen LogP contribution in [0.2, 0.25) is 0 Å². The van der Waals surface area contributed by atoms with E-state index in [1.165, 1.54) is 19.3 Å². The molecule has 2 rings (SSSR count). The van der Waals surface area contributed by atoms with E-state index in [9.17, 15) is 4.79 Å². The first-order valence-corrected chi connectivity index (χ1v) is 6.51. The molecule has 2 nitrogen and oxygen atoms in total. The Balaban J connectivity index is 1.65. The predicted molar refractivity (Wildman–Crippen MR) is 64.2 cm³/mol. The number of rotatable bonds is 6. The summed E-state index contributed by atoms with van der Waals surface area (Å²) in [6.07, 6.45) is 8.83. The number of allylic oxidation sites excluding steroid dienone is 2. The van der Waals surface area contributed by atoms with Crippen molar-refractivity contribution < 1.29 is 9.53 Å². The van der Waals surface area contributed by atoms with Crippen LogP contribution in [0.5, 0.6) is 0 Å². The smallest absolute Gasteiger partial charge is 0.120 e. The molecule has 2 heteroatoms. The molecule has 0 saturated heterocycles. The van der Waals surface area contributed by atoms with Crippen LogP contribution in [0, 0.1) is 17.8 Å². The second-order valence-electron chi connectivity index (χ2n) is 5.14. The van der Waals surface area contributed by atoms with Gasteiger partial charge in [-0.25, -0.2) is 0 Å². The van der Waals surface area contributed by atoms with Crippen molar-refractivity contribution in [2.45, 2.75) is 39.0 Å².